The van der Waals surface area contributed by atoms with Gasteiger partial charge in [0.2, 0.25) is 0 Å². The van der Waals surface area contributed by atoms with Crippen molar-refractivity contribution in [3.63, 3.8) is 0 Å². The monoisotopic (exact) mass is 457 g/mol. The van der Waals surface area contributed by atoms with Crippen LogP contribution in [0.15, 0.2) is 78.1 Å². The van der Waals surface area contributed by atoms with Crippen molar-refractivity contribution in [2.45, 2.75) is 26.8 Å². The summed E-state index contributed by atoms with van der Waals surface area (Å²) in [5.41, 5.74) is 2.47. The first-order valence-electron chi connectivity index (χ1n) is 11.1. The van der Waals surface area contributed by atoms with Gasteiger partial charge in [-0.3, -0.25) is 14.2 Å². The fourth-order valence-corrected chi connectivity index (χ4v) is 3.62. The molecule has 0 saturated heterocycles. The summed E-state index contributed by atoms with van der Waals surface area (Å²) in [6.07, 6.45) is 6.18. The second kappa shape index (κ2) is 10.2. The van der Waals surface area contributed by atoms with Crippen molar-refractivity contribution in [3.8, 4) is 11.4 Å². The smallest absolute Gasteiger partial charge is 0.266 e. The summed E-state index contributed by atoms with van der Waals surface area (Å²) in [5, 5.41) is 3.38. The number of carbonyl (C=O) groups is 1. The van der Waals surface area contributed by atoms with E-state index in [0.29, 0.717) is 46.9 Å². The average molecular weight is 458 g/mol. The quantitative estimate of drug-likeness (QED) is 0.306. The van der Waals surface area contributed by atoms with Crippen LogP contribution in [0.3, 0.4) is 0 Å². The van der Waals surface area contributed by atoms with Crippen molar-refractivity contribution in [1.82, 2.24) is 24.4 Å². The molecule has 2 aromatic heterocycles. The molecule has 0 aliphatic heterocycles. The third-order valence-electron chi connectivity index (χ3n) is 5.32. The number of nitrogens with zero attached hydrogens (tertiary/aromatic N) is 4. The molecule has 2 aromatic carbocycles. The molecular weight excluding hydrogens is 430 g/mol. The van der Waals surface area contributed by atoms with Crippen LogP contribution in [0.4, 0.5) is 0 Å². The van der Waals surface area contributed by atoms with Crippen LogP contribution in [0.25, 0.3) is 16.6 Å². The standard InChI is InChI=1S/C26H27N5O3/c1-18(2)16-34-22-9-10-24-23(15-22)26(33)31(19(3)29-24)21-7-5-20(6-8-21)25(32)28-11-4-13-30-14-12-27-17-30/h5-10,12,14-15,17H,1,4,11,13,16H2,2-3H3,(H,28,32). The Morgan fingerprint density at radius 3 is 2.68 bits per heavy atom. The van der Waals surface area contributed by atoms with Gasteiger partial charge in [-0.1, -0.05) is 6.58 Å². The average Bonchev–Trinajstić information content (AvgIpc) is 3.34. The lowest BCUT2D eigenvalue weighted by atomic mass is 10.1. The zero-order chi connectivity index (χ0) is 24.1. The number of rotatable bonds is 9. The van der Waals surface area contributed by atoms with E-state index in [1.54, 1.807) is 61.9 Å². The Labute approximate surface area is 197 Å². The lowest BCUT2D eigenvalue weighted by Crippen LogP contribution is -2.25. The molecule has 0 saturated carbocycles. The third kappa shape index (κ3) is 5.23. The van der Waals surface area contributed by atoms with E-state index in [4.69, 9.17) is 4.74 Å². The number of amides is 1. The Bertz CT molecular complexity index is 1370. The van der Waals surface area contributed by atoms with E-state index in [1.807, 2.05) is 17.7 Å². The van der Waals surface area contributed by atoms with Gasteiger partial charge < -0.3 is 14.6 Å². The van der Waals surface area contributed by atoms with Crippen molar-refractivity contribution in [2.24, 2.45) is 0 Å². The number of hydrogen-bond donors (Lipinski definition) is 1. The predicted molar refractivity (Wildman–Crippen MR) is 132 cm³/mol. The van der Waals surface area contributed by atoms with Crippen LogP contribution in [0.2, 0.25) is 0 Å². The van der Waals surface area contributed by atoms with Crippen molar-refractivity contribution in [1.29, 1.82) is 0 Å². The third-order valence-corrected chi connectivity index (χ3v) is 5.32. The van der Waals surface area contributed by atoms with Crippen LogP contribution in [0, 0.1) is 6.92 Å². The van der Waals surface area contributed by atoms with Crippen LogP contribution < -0.4 is 15.6 Å². The summed E-state index contributed by atoms with van der Waals surface area (Å²) in [5.74, 6) is 0.992. The highest BCUT2D eigenvalue weighted by atomic mass is 16.5. The molecule has 2 heterocycles. The highest BCUT2D eigenvalue weighted by Crippen LogP contribution is 2.19. The number of hydrogen-bond acceptors (Lipinski definition) is 5. The summed E-state index contributed by atoms with van der Waals surface area (Å²) in [4.78, 5) is 34.4. The van der Waals surface area contributed by atoms with Gasteiger partial charge in [-0.15, -0.1) is 0 Å². The number of fused-ring (bicyclic) bond motifs is 1. The van der Waals surface area contributed by atoms with Crippen LogP contribution >= 0.6 is 0 Å². The topological polar surface area (TPSA) is 91.0 Å². The highest BCUT2D eigenvalue weighted by Gasteiger charge is 2.12. The lowest BCUT2D eigenvalue weighted by Gasteiger charge is -2.13. The maximum absolute atomic E-state index is 13.3. The summed E-state index contributed by atoms with van der Waals surface area (Å²) >= 11 is 0. The van der Waals surface area contributed by atoms with E-state index < -0.39 is 0 Å². The zero-order valence-electron chi connectivity index (χ0n) is 19.3. The van der Waals surface area contributed by atoms with Gasteiger partial charge in [0.25, 0.3) is 11.5 Å². The van der Waals surface area contributed by atoms with E-state index in [1.165, 1.54) is 4.57 Å². The first kappa shape index (κ1) is 23.0. The molecular formula is C26H27N5O3. The number of aryl methyl sites for hydroxylation is 2. The fraction of sp³-hybridized carbons (Fsp3) is 0.231. The Kier molecular flexibility index (Phi) is 6.87. The molecule has 34 heavy (non-hydrogen) atoms. The molecule has 0 atom stereocenters. The summed E-state index contributed by atoms with van der Waals surface area (Å²) < 4.78 is 9.19. The molecule has 174 valence electrons. The first-order valence-corrected chi connectivity index (χ1v) is 11.1. The van der Waals surface area contributed by atoms with Crippen LogP contribution in [-0.2, 0) is 6.54 Å². The lowest BCUT2D eigenvalue weighted by molar-refractivity contribution is 0.0952. The summed E-state index contributed by atoms with van der Waals surface area (Å²) in [6.45, 7) is 9.22. The van der Waals surface area contributed by atoms with Gasteiger partial charge in [-0.2, -0.15) is 0 Å². The second-order valence-electron chi connectivity index (χ2n) is 8.18. The minimum absolute atomic E-state index is 0.155. The van der Waals surface area contributed by atoms with Crippen molar-refractivity contribution >= 4 is 16.8 Å². The van der Waals surface area contributed by atoms with Crippen LogP contribution in [-0.4, -0.2) is 38.2 Å². The van der Waals surface area contributed by atoms with Gasteiger partial charge in [-0.25, -0.2) is 9.97 Å². The van der Waals surface area contributed by atoms with E-state index >= 15 is 0 Å². The summed E-state index contributed by atoms with van der Waals surface area (Å²) in [6, 6.07) is 12.2. The normalized spacial score (nSPS) is 10.9. The van der Waals surface area contributed by atoms with Gasteiger partial charge >= 0.3 is 0 Å². The van der Waals surface area contributed by atoms with Gasteiger partial charge in [0.15, 0.2) is 0 Å². The Morgan fingerprint density at radius 2 is 1.97 bits per heavy atom. The molecule has 0 aliphatic carbocycles. The Balaban J connectivity index is 1.50. The minimum atomic E-state index is -0.194. The minimum Gasteiger partial charge on any atom is -0.489 e. The van der Waals surface area contributed by atoms with Crippen LogP contribution in [0.1, 0.15) is 29.5 Å². The molecule has 0 aliphatic rings. The fourth-order valence-electron chi connectivity index (χ4n) is 3.62. The number of imidazole rings is 1. The molecule has 4 aromatic rings. The van der Waals surface area contributed by atoms with E-state index in [9.17, 15) is 9.59 Å². The van der Waals surface area contributed by atoms with E-state index in [2.05, 4.69) is 21.9 Å². The molecule has 0 spiro atoms. The Hall–Kier alpha value is -4.20. The molecule has 0 radical (unpaired) electrons. The first-order chi connectivity index (χ1) is 16.4. The van der Waals surface area contributed by atoms with Gasteiger partial charge in [0.05, 0.1) is 22.9 Å². The van der Waals surface area contributed by atoms with E-state index in [0.717, 1.165) is 18.5 Å². The van der Waals surface area contributed by atoms with Gasteiger partial charge in [-0.05, 0) is 68.3 Å². The largest absolute Gasteiger partial charge is 0.489 e. The van der Waals surface area contributed by atoms with Crippen molar-refractivity contribution < 1.29 is 9.53 Å². The summed E-state index contributed by atoms with van der Waals surface area (Å²) in [7, 11) is 0. The molecule has 4 rings (SSSR count). The molecule has 1 N–H and O–H groups in total. The van der Waals surface area contributed by atoms with Gasteiger partial charge in [0, 0.05) is 31.0 Å². The van der Waals surface area contributed by atoms with Crippen molar-refractivity contribution in [2.75, 3.05) is 13.2 Å². The molecule has 0 fully saturated rings. The van der Waals surface area contributed by atoms with Crippen molar-refractivity contribution in [3.05, 3.63) is 95.1 Å². The maximum Gasteiger partial charge on any atom is 0.266 e. The number of nitrogens with one attached hydrogen (secondary N) is 1. The molecule has 0 unspecified atom stereocenters. The number of aromatic nitrogens is 4. The predicted octanol–water partition coefficient (Wildman–Crippen LogP) is 3.67. The van der Waals surface area contributed by atoms with Crippen LogP contribution in [0.5, 0.6) is 5.75 Å². The number of benzene rings is 2. The molecule has 0 bridgehead atoms. The molecule has 8 heteroatoms. The number of carbonyl (C=O) groups excluding carboxylic acids is 1. The zero-order valence-corrected chi connectivity index (χ0v) is 19.3. The van der Waals surface area contributed by atoms with E-state index in [-0.39, 0.29) is 11.5 Å². The second-order valence-corrected chi connectivity index (χ2v) is 8.18. The SMILES string of the molecule is C=C(C)COc1ccc2nc(C)n(-c3ccc(C(=O)NCCCn4ccnc4)cc3)c(=O)c2c1. The molecule has 1 amide bonds. The maximum atomic E-state index is 13.3. The highest BCUT2D eigenvalue weighted by molar-refractivity contribution is 5.94. The molecule has 8 nitrogen and oxygen atoms in total. The Morgan fingerprint density at radius 1 is 1.18 bits per heavy atom. The van der Waals surface area contributed by atoms with Gasteiger partial charge in [0.1, 0.15) is 18.2 Å². The number of ether oxygens (including phenoxy) is 1.